The Kier molecular flexibility index (Phi) is 6.33. The molecule has 2 aromatic carbocycles. The van der Waals surface area contributed by atoms with E-state index in [0.29, 0.717) is 0 Å². The fourth-order valence-corrected chi connectivity index (χ4v) is 2.22. The minimum absolute atomic E-state index is 0.0946. The van der Waals surface area contributed by atoms with Gasteiger partial charge in [-0.25, -0.2) is 4.79 Å². The number of nitrogens with one attached hydrogen (secondary N) is 1. The molecule has 0 spiro atoms. The molecule has 0 aliphatic heterocycles. The number of primary amides is 1. The monoisotopic (exact) mass is 328 g/mol. The molecule has 0 aliphatic rings. The van der Waals surface area contributed by atoms with Crippen LogP contribution in [0.2, 0.25) is 0 Å². The molecule has 126 valence electrons. The van der Waals surface area contributed by atoms with Crippen LogP contribution >= 0.6 is 0 Å². The van der Waals surface area contributed by atoms with E-state index in [9.17, 15) is 14.7 Å². The first-order valence-corrected chi connectivity index (χ1v) is 7.55. The first kappa shape index (κ1) is 17.5. The third-order valence-electron chi connectivity index (χ3n) is 3.49. The Balaban J connectivity index is 1.96. The minimum Gasteiger partial charge on any atom is -0.445 e. The quantitative estimate of drug-likeness (QED) is 0.714. The van der Waals surface area contributed by atoms with Crippen LogP contribution in [0.3, 0.4) is 0 Å². The van der Waals surface area contributed by atoms with Crippen LogP contribution in [0.5, 0.6) is 0 Å². The zero-order chi connectivity index (χ0) is 17.4. The zero-order valence-corrected chi connectivity index (χ0v) is 13.1. The maximum Gasteiger partial charge on any atom is 0.407 e. The molecule has 2 unspecified atom stereocenters. The van der Waals surface area contributed by atoms with Gasteiger partial charge in [0.05, 0.1) is 6.04 Å². The number of nitrogens with two attached hydrogens (primary N) is 1. The van der Waals surface area contributed by atoms with Crippen LogP contribution in [0.1, 0.15) is 11.1 Å². The smallest absolute Gasteiger partial charge is 0.407 e. The summed E-state index contributed by atoms with van der Waals surface area (Å²) in [6.07, 6.45) is -1.97. The molecule has 6 nitrogen and oxygen atoms in total. The van der Waals surface area contributed by atoms with Gasteiger partial charge in [-0.15, -0.1) is 0 Å². The number of amides is 2. The van der Waals surface area contributed by atoms with E-state index in [1.165, 1.54) is 0 Å². The highest BCUT2D eigenvalue weighted by Gasteiger charge is 2.26. The van der Waals surface area contributed by atoms with E-state index in [1.54, 1.807) is 0 Å². The lowest BCUT2D eigenvalue weighted by Gasteiger charge is -2.22. The number of ether oxygens (including phenoxy) is 1. The first-order chi connectivity index (χ1) is 11.6. The lowest BCUT2D eigenvalue weighted by atomic mass is 10.0. The maximum absolute atomic E-state index is 11.9. The van der Waals surface area contributed by atoms with Crippen LogP contribution in [0.25, 0.3) is 0 Å². The molecule has 2 atom stereocenters. The molecule has 0 heterocycles. The predicted molar refractivity (Wildman–Crippen MR) is 88.9 cm³/mol. The normalized spacial score (nSPS) is 12.9. The molecular formula is C18H20N2O4. The molecule has 2 aromatic rings. The number of aliphatic hydroxyl groups excluding tert-OH is 1. The fourth-order valence-electron chi connectivity index (χ4n) is 2.22. The third kappa shape index (κ3) is 5.40. The second-order valence-corrected chi connectivity index (χ2v) is 5.35. The van der Waals surface area contributed by atoms with Crippen molar-refractivity contribution in [3.05, 3.63) is 71.8 Å². The standard InChI is InChI=1S/C18H20N2O4/c19-17(22)16(21)15(11-13-7-3-1-4-8-13)20-18(23)24-12-14-9-5-2-6-10-14/h1-10,15-16,21H,11-12H2,(H2,19,22)(H,20,23). The zero-order valence-electron chi connectivity index (χ0n) is 13.1. The predicted octanol–water partition coefficient (Wildman–Crippen LogP) is 1.37. The Bertz CT molecular complexity index is 661. The summed E-state index contributed by atoms with van der Waals surface area (Å²) in [5.74, 6) is -0.903. The van der Waals surface area contributed by atoms with E-state index in [2.05, 4.69) is 5.32 Å². The summed E-state index contributed by atoms with van der Waals surface area (Å²) in [6, 6.07) is 17.5. The van der Waals surface area contributed by atoms with Gasteiger partial charge < -0.3 is 20.9 Å². The SMILES string of the molecule is NC(=O)C(O)C(Cc1ccccc1)NC(=O)OCc1ccccc1. The molecular weight excluding hydrogens is 308 g/mol. The van der Waals surface area contributed by atoms with E-state index in [-0.39, 0.29) is 13.0 Å². The number of rotatable bonds is 7. The summed E-state index contributed by atoms with van der Waals surface area (Å²) in [5.41, 5.74) is 6.84. The molecule has 0 fully saturated rings. The van der Waals surface area contributed by atoms with E-state index in [1.807, 2.05) is 60.7 Å². The van der Waals surface area contributed by atoms with Crippen molar-refractivity contribution in [3.63, 3.8) is 0 Å². The highest BCUT2D eigenvalue weighted by atomic mass is 16.5. The van der Waals surface area contributed by atoms with Gasteiger partial charge in [-0.05, 0) is 17.5 Å². The Morgan fingerprint density at radius 2 is 1.54 bits per heavy atom. The fraction of sp³-hybridized carbons (Fsp3) is 0.222. The summed E-state index contributed by atoms with van der Waals surface area (Å²) in [6.45, 7) is 0.0946. The van der Waals surface area contributed by atoms with Gasteiger partial charge in [0.2, 0.25) is 5.91 Å². The molecule has 6 heteroatoms. The van der Waals surface area contributed by atoms with Gasteiger partial charge in [-0.3, -0.25) is 4.79 Å². The third-order valence-corrected chi connectivity index (χ3v) is 3.49. The molecule has 0 radical (unpaired) electrons. The van der Waals surface area contributed by atoms with Gasteiger partial charge in [-0.2, -0.15) is 0 Å². The molecule has 0 saturated carbocycles. The van der Waals surface area contributed by atoms with Crippen LogP contribution in [-0.4, -0.2) is 29.3 Å². The van der Waals surface area contributed by atoms with Crippen LogP contribution < -0.4 is 11.1 Å². The molecule has 24 heavy (non-hydrogen) atoms. The number of alkyl carbamates (subject to hydrolysis) is 1. The lowest BCUT2D eigenvalue weighted by Crippen LogP contribution is -2.50. The maximum atomic E-state index is 11.9. The average Bonchev–Trinajstić information content (AvgIpc) is 2.60. The molecule has 0 saturated heterocycles. The summed E-state index contributed by atoms with van der Waals surface area (Å²) in [4.78, 5) is 23.2. The summed E-state index contributed by atoms with van der Waals surface area (Å²) >= 11 is 0. The van der Waals surface area contributed by atoms with E-state index >= 15 is 0 Å². The van der Waals surface area contributed by atoms with Crippen LogP contribution in [0.4, 0.5) is 4.79 Å². The van der Waals surface area contributed by atoms with Gasteiger partial charge in [0.25, 0.3) is 0 Å². The van der Waals surface area contributed by atoms with Crippen molar-refractivity contribution in [2.24, 2.45) is 5.73 Å². The van der Waals surface area contributed by atoms with Crippen LogP contribution in [0, 0.1) is 0 Å². The summed E-state index contributed by atoms with van der Waals surface area (Å²) in [7, 11) is 0. The molecule has 0 aliphatic carbocycles. The Morgan fingerprint density at radius 3 is 2.08 bits per heavy atom. The minimum atomic E-state index is -1.51. The molecule has 0 aromatic heterocycles. The van der Waals surface area contributed by atoms with E-state index in [4.69, 9.17) is 10.5 Å². The second kappa shape index (κ2) is 8.69. The van der Waals surface area contributed by atoms with Crippen LogP contribution in [0.15, 0.2) is 60.7 Å². The molecule has 2 amide bonds. The number of carbonyl (C=O) groups is 2. The average molecular weight is 328 g/mol. The van der Waals surface area contributed by atoms with Crippen molar-refractivity contribution in [2.45, 2.75) is 25.2 Å². The van der Waals surface area contributed by atoms with Crippen molar-refractivity contribution < 1.29 is 19.4 Å². The van der Waals surface area contributed by atoms with Gasteiger partial charge in [0.15, 0.2) is 6.10 Å². The Hall–Kier alpha value is -2.86. The Labute approximate surface area is 140 Å². The Morgan fingerprint density at radius 1 is 1.00 bits per heavy atom. The number of aliphatic hydroxyl groups is 1. The second-order valence-electron chi connectivity index (χ2n) is 5.35. The van der Waals surface area contributed by atoms with Crippen LogP contribution in [-0.2, 0) is 22.6 Å². The van der Waals surface area contributed by atoms with Crippen molar-refractivity contribution in [1.29, 1.82) is 0 Å². The first-order valence-electron chi connectivity index (χ1n) is 7.55. The number of carbonyl (C=O) groups excluding carboxylic acids is 2. The number of benzene rings is 2. The van der Waals surface area contributed by atoms with Crippen molar-refractivity contribution in [3.8, 4) is 0 Å². The largest absolute Gasteiger partial charge is 0.445 e. The highest BCUT2D eigenvalue weighted by molar-refractivity contribution is 5.80. The van der Waals surface area contributed by atoms with Gasteiger partial charge >= 0.3 is 6.09 Å². The van der Waals surface area contributed by atoms with E-state index in [0.717, 1.165) is 11.1 Å². The number of hydrogen-bond acceptors (Lipinski definition) is 4. The molecule has 0 bridgehead atoms. The highest BCUT2D eigenvalue weighted by Crippen LogP contribution is 2.07. The topological polar surface area (TPSA) is 102 Å². The molecule has 4 N–H and O–H groups in total. The summed E-state index contributed by atoms with van der Waals surface area (Å²) < 4.78 is 5.11. The van der Waals surface area contributed by atoms with Gasteiger partial charge in [0.1, 0.15) is 6.61 Å². The molecule has 2 rings (SSSR count). The van der Waals surface area contributed by atoms with Crippen molar-refractivity contribution in [2.75, 3.05) is 0 Å². The van der Waals surface area contributed by atoms with Crippen molar-refractivity contribution >= 4 is 12.0 Å². The number of hydrogen-bond donors (Lipinski definition) is 3. The lowest BCUT2D eigenvalue weighted by molar-refractivity contribution is -0.127. The van der Waals surface area contributed by atoms with Crippen molar-refractivity contribution in [1.82, 2.24) is 5.32 Å². The van der Waals surface area contributed by atoms with Gasteiger partial charge in [0, 0.05) is 0 Å². The van der Waals surface area contributed by atoms with E-state index < -0.39 is 24.1 Å². The van der Waals surface area contributed by atoms with Gasteiger partial charge in [-0.1, -0.05) is 60.7 Å². The summed E-state index contributed by atoms with van der Waals surface area (Å²) in [5, 5.41) is 12.4.